The molecule has 4 nitrogen and oxygen atoms in total. The van der Waals surface area contributed by atoms with Crippen LogP contribution in [0.3, 0.4) is 0 Å². The van der Waals surface area contributed by atoms with Crippen LogP contribution in [0.25, 0.3) is 12.2 Å². The van der Waals surface area contributed by atoms with Crippen molar-refractivity contribution in [3.8, 4) is 0 Å². The molecule has 1 unspecified atom stereocenters. The van der Waals surface area contributed by atoms with E-state index in [1.807, 2.05) is 0 Å². The molecule has 0 fully saturated rings. The number of rotatable bonds is 10. The van der Waals surface area contributed by atoms with E-state index in [2.05, 4.69) is 93.3 Å². The van der Waals surface area contributed by atoms with Crippen LogP contribution in [0.2, 0.25) is 0 Å². The maximum Gasteiger partial charge on any atom is 0.325 e. The molecule has 2 rings (SSSR count). The topological polar surface area (TPSA) is 38.8 Å². The number of esters is 1. The van der Waals surface area contributed by atoms with Crippen molar-refractivity contribution in [2.75, 3.05) is 33.9 Å². The number of hydrogen-bond acceptors (Lipinski definition) is 4. The molecule has 0 saturated carbocycles. The molecule has 2 aromatic carbocycles. The minimum absolute atomic E-state index is 0.279. The summed E-state index contributed by atoms with van der Waals surface area (Å²) in [5.41, 5.74) is 7.39. The first-order chi connectivity index (χ1) is 14.8. The number of carbonyl (C=O) groups is 1. The normalized spacial score (nSPS) is 12.7. The molecule has 0 saturated heterocycles. The molecule has 4 heteroatoms. The van der Waals surface area contributed by atoms with E-state index in [0.29, 0.717) is 13.1 Å². The average Bonchev–Trinajstić information content (AvgIpc) is 2.75. The van der Waals surface area contributed by atoms with Gasteiger partial charge in [-0.2, -0.15) is 0 Å². The molecule has 0 heterocycles. The third kappa shape index (κ3) is 7.50. The van der Waals surface area contributed by atoms with E-state index in [1.165, 1.54) is 29.4 Å². The summed E-state index contributed by atoms with van der Waals surface area (Å²) in [4.78, 5) is 14.4. The Bertz CT molecular complexity index is 867. The van der Waals surface area contributed by atoms with Crippen LogP contribution in [0.15, 0.2) is 48.6 Å². The van der Waals surface area contributed by atoms with Crippen molar-refractivity contribution < 1.29 is 14.3 Å². The molecule has 31 heavy (non-hydrogen) atoms. The maximum absolute atomic E-state index is 12.4. The van der Waals surface area contributed by atoms with Crippen molar-refractivity contribution in [3.05, 3.63) is 81.9 Å². The lowest BCUT2D eigenvalue weighted by molar-refractivity contribution is -0.148. The van der Waals surface area contributed by atoms with Gasteiger partial charge >= 0.3 is 5.97 Å². The van der Waals surface area contributed by atoms with E-state index >= 15 is 0 Å². The van der Waals surface area contributed by atoms with Gasteiger partial charge in [-0.05, 0) is 61.1 Å². The number of carbonyl (C=O) groups excluding carboxylic acids is 1. The van der Waals surface area contributed by atoms with Gasteiger partial charge in [-0.25, -0.2) is 0 Å². The van der Waals surface area contributed by atoms with Gasteiger partial charge in [-0.1, -0.05) is 60.7 Å². The maximum atomic E-state index is 12.4. The van der Waals surface area contributed by atoms with Crippen LogP contribution in [0.5, 0.6) is 0 Å². The van der Waals surface area contributed by atoms with Gasteiger partial charge in [-0.3, -0.25) is 9.69 Å². The second-order valence-electron chi connectivity index (χ2n) is 7.94. The molecular formula is C27H35NO3. The molecule has 0 bridgehead atoms. The fourth-order valence-electron chi connectivity index (χ4n) is 3.33. The van der Waals surface area contributed by atoms with E-state index in [4.69, 9.17) is 9.47 Å². The van der Waals surface area contributed by atoms with Gasteiger partial charge in [0.15, 0.2) is 0 Å². The van der Waals surface area contributed by atoms with Gasteiger partial charge in [0.2, 0.25) is 0 Å². The van der Waals surface area contributed by atoms with Crippen LogP contribution in [0.4, 0.5) is 0 Å². The number of benzene rings is 2. The molecule has 0 amide bonds. The number of methoxy groups -OCH3 is 2. The lowest BCUT2D eigenvalue weighted by atomic mass is 10.1. The van der Waals surface area contributed by atoms with E-state index < -0.39 is 6.04 Å². The van der Waals surface area contributed by atoms with Crippen molar-refractivity contribution in [1.82, 2.24) is 4.90 Å². The highest BCUT2D eigenvalue weighted by Crippen LogP contribution is 2.13. The third-order valence-electron chi connectivity index (χ3n) is 5.60. The van der Waals surface area contributed by atoms with Gasteiger partial charge in [0.25, 0.3) is 0 Å². The molecule has 1 atom stereocenters. The van der Waals surface area contributed by atoms with Crippen LogP contribution in [-0.2, 0) is 14.3 Å². The molecule has 0 radical (unpaired) electrons. The molecule has 2 aromatic rings. The van der Waals surface area contributed by atoms with E-state index in [9.17, 15) is 4.79 Å². The van der Waals surface area contributed by atoms with Gasteiger partial charge in [0, 0.05) is 20.2 Å². The lowest BCUT2D eigenvalue weighted by Gasteiger charge is -2.27. The van der Waals surface area contributed by atoms with Crippen LogP contribution in [-0.4, -0.2) is 50.8 Å². The van der Waals surface area contributed by atoms with Crippen LogP contribution < -0.4 is 0 Å². The Morgan fingerprint density at radius 1 is 0.839 bits per heavy atom. The first kappa shape index (κ1) is 24.6. The number of aryl methyl sites for hydroxylation is 4. The zero-order valence-electron chi connectivity index (χ0n) is 19.6. The summed E-state index contributed by atoms with van der Waals surface area (Å²) in [7, 11) is 3.02. The Balaban J connectivity index is 2.17. The molecule has 0 aliphatic carbocycles. The first-order valence-electron chi connectivity index (χ1n) is 10.6. The number of ether oxygens (including phenoxy) is 2. The molecule has 0 aromatic heterocycles. The highest BCUT2D eigenvalue weighted by molar-refractivity contribution is 5.76. The highest BCUT2D eigenvalue weighted by atomic mass is 16.5. The minimum Gasteiger partial charge on any atom is -0.468 e. The zero-order valence-corrected chi connectivity index (χ0v) is 19.6. The summed E-state index contributed by atoms with van der Waals surface area (Å²) in [6.45, 7) is 9.93. The van der Waals surface area contributed by atoms with Gasteiger partial charge in [-0.15, -0.1) is 0 Å². The molecule has 0 N–H and O–H groups in total. The Labute approximate surface area is 187 Å². The fourth-order valence-corrected chi connectivity index (χ4v) is 3.33. The van der Waals surface area contributed by atoms with E-state index in [1.54, 1.807) is 7.11 Å². The SMILES string of the molecule is COCC(C(=O)OC)N(C/C=C/c1ccc(C)c(C)c1)C/C=C/c1ccc(C)c(C)c1. The summed E-state index contributed by atoms with van der Waals surface area (Å²) in [5.74, 6) is -0.291. The average molecular weight is 422 g/mol. The molecule has 0 spiro atoms. The highest BCUT2D eigenvalue weighted by Gasteiger charge is 2.25. The lowest BCUT2D eigenvalue weighted by Crippen LogP contribution is -2.45. The first-order valence-corrected chi connectivity index (χ1v) is 10.6. The van der Waals surface area contributed by atoms with E-state index in [0.717, 1.165) is 11.1 Å². The monoisotopic (exact) mass is 421 g/mol. The standard InChI is InChI=1S/C27H35NO3/c1-20-11-13-24(17-22(20)3)9-7-15-28(26(19-30-5)27(29)31-6)16-8-10-25-14-12-21(2)23(4)18-25/h7-14,17-18,26H,15-16,19H2,1-6H3/b9-7+,10-8+. The predicted molar refractivity (Wildman–Crippen MR) is 129 cm³/mol. The number of nitrogens with zero attached hydrogens (tertiary/aromatic N) is 1. The van der Waals surface area contributed by atoms with Gasteiger partial charge in [0.1, 0.15) is 6.04 Å². The smallest absolute Gasteiger partial charge is 0.325 e. The molecule has 166 valence electrons. The minimum atomic E-state index is -0.469. The Hall–Kier alpha value is -2.69. The fraction of sp³-hybridized carbons (Fsp3) is 0.370. The van der Waals surface area contributed by atoms with Crippen LogP contribution in [0.1, 0.15) is 33.4 Å². The van der Waals surface area contributed by atoms with Gasteiger partial charge < -0.3 is 9.47 Å². The molecule has 0 aliphatic rings. The largest absolute Gasteiger partial charge is 0.468 e. The van der Waals surface area contributed by atoms with Crippen molar-refractivity contribution in [2.45, 2.75) is 33.7 Å². The third-order valence-corrected chi connectivity index (χ3v) is 5.60. The second kappa shape index (κ2) is 12.2. The van der Waals surface area contributed by atoms with Crippen LogP contribution in [0, 0.1) is 27.7 Å². The zero-order chi connectivity index (χ0) is 22.8. The van der Waals surface area contributed by atoms with E-state index in [-0.39, 0.29) is 12.6 Å². The Morgan fingerprint density at radius 3 is 1.71 bits per heavy atom. The quantitative estimate of drug-likeness (QED) is 0.498. The Morgan fingerprint density at radius 2 is 1.32 bits per heavy atom. The van der Waals surface area contributed by atoms with Gasteiger partial charge in [0.05, 0.1) is 13.7 Å². The van der Waals surface area contributed by atoms with Crippen molar-refractivity contribution in [2.24, 2.45) is 0 Å². The van der Waals surface area contributed by atoms with Crippen molar-refractivity contribution >= 4 is 18.1 Å². The van der Waals surface area contributed by atoms with Crippen molar-refractivity contribution in [1.29, 1.82) is 0 Å². The summed E-state index contributed by atoms with van der Waals surface area (Å²) in [6.07, 6.45) is 8.35. The summed E-state index contributed by atoms with van der Waals surface area (Å²) < 4.78 is 10.3. The second-order valence-corrected chi connectivity index (χ2v) is 7.94. The number of hydrogen-bond donors (Lipinski definition) is 0. The predicted octanol–water partition coefficient (Wildman–Crippen LogP) is 5.14. The Kier molecular flexibility index (Phi) is 9.70. The van der Waals surface area contributed by atoms with Crippen molar-refractivity contribution in [3.63, 3.8) is 0 Å². The molecule has 0 aliphatic heterocycles. The van der Waals surface area contributed by atoms with Crippen LogP contribution >= 0.6 is 0 Å². The summed E-state index contributed by atoms with van der Waals surface area (Å²) in [6, 6.07) is 12.3. The summed E-state index contributed by atoms with van der Waals surface area (Å²) >= 11 is 0. The summed E-state index contributed by atoms with van der Waals surface area (Å²) in [5, 5.41) is 0. The molecular weight excluding hydrogens is 386 g/mol.